The first kappa shape index (κ1) is 10.1. The average Bonchev–Trinajstić information content (AvgIpc) is 2.16. The Morgan fingerprint density at radius 1 is 1.25 bits per heavy atom. The number of hydrogen-bond donors (Lipinski definition) is 0. The van der Waals surface area contributed by atoms with Crippen molar-refractivity contribution in [2.75, 3.05) is 14.2 Å². The first-order chi connectivity index (χ1) is 5.83. The molecular weight excluding hydrogens is 232 g/mol. The van der Waals surface area contributed by atoms with Gasteiger partial charge in [-0.15, -0.1) is 3.69 Å². The quantitative estimate of drug-likeness (QED) is 0.744. The first-order valence-corrected chi connectivity index (χ1v) is 8.20. The highest BCUT2D eigenvalue weighted by Gasteiger charge is 2.08. The molecule has 0 saturated carbocycles. The number of ether oxygens (including phenoxy) is 2. The van der Waals surface area contributed by atoms with Crippen molar-refractivity contribution in [2.45, 2.75) is 0 Å². The summed E-state index contributed by atoms with van der Waals surface area (Å²) in [5.41, 5.74) is 0. The van der Waals surface area contributed by atoms with Gasteiger partial charge in [0.15, 0.2) is 5.75 Å². The lowest BCUT2D eigenvalue weighted by molar-refractivity contribution is 0.357. The Balaban J connectivity index is 3.13. The zero-order chi connectivity index (χ0) is 8.97. The van der Waals surface area contributed by atoms with Crippen molar-refractivity contribution in [3.8, 4) is 11.5 Å². The molecule has 0 atom stereocenters. The van der Waals surface area contributed by atoms with Crippen molar-refractivity contribution in [2.24, 2.45) is 0 Å². The van der Waals surface area contributed by atoms with Crippen molar-refractivity contribution in [3.05, 3.63) is 18.2 Å². The van der Waals surface area contributed by atoms with Crippen LogP contribution >= 0.6 is 12.9 Å². The van der Waals surface area contributed by atoms with Gasteiger partial charge in [0.1, 0.15) is 5.75 Å². The fourth-order valence-corrected chi connectivity index (χ4v) is 3.05. The second kappa shape index (κ2) is 4.94. The van der Waals surface area contributed by atoms with Gasteiger partial charge in [-0.25, -0.2) is 0 Å². The van der Waals surface area contributed by atoms with Crippen LogP contribution in [-0.4, -0.2) is 32.4 Å². The largest absolute Gasteiger partial charge is 0.513 e. The van der Waals surface area contributed by atoms with Crippen LogP contribution in [0.15, 0.2) is 18.2 Å². The van der Waals surface area contributed by atoms with E-state index < -0.39 is 0 Å². The molecule has 0 aromatic heterocycles. The summed E-state index contributed by atoms with van der Waals surface area (Å²) in [5.74, 6) is 1.67. The van der Waals surface area contributed by atoms with E-state index in [4.69, 9.17) is 9.47 Å². The summed E-state index contributed by atoms with van der Waals surface area (Å²) in [6.45, 7) is 0. The maximum Gasteiger partial charge on any atom is 0.513 e. The predicted octanol–water partition coefficient (Wildman–Crippen LogP) is 1.34. The van der Waals surface area contributed by atoms with E-state index in [2.05, 4.69) is 19.0 Å². The molecular formula is C8H9BrMgO2. The van der Waals surface area contributed by atoms with Gasteiger partial charge in [-0.05, 0) is 6.07 Å². The van der Waals surface area contributed by atoms with Crippen LogP contribution in [0.25, 0.3) is 0 Å². The van der Waals surface area contributed by atoms with Gasteiger partial charge in [0, 0.05) is 0 Å². The highest BCUT2D eigenvalue weighted by atomic mass is 79.9. The summed E-state index contributed by atoms with van der Waals surface area (Å²) >= 11 is 3.14. The number of para-hydroxylation sites is 1. The standard InChI is InChI=1S/C8H9O2.BrH.Mg/c1-9-7-5-3-4-6-8(7)10-2;;/h3-5H,1-2H3;1H;/q;;+1/p-1. The van der Waals surface area contributed by atoms with Crippen LogP contribution in [0.1, 0.15) is 0 Å². The Morgan fingerprint density at radius 2 is 2.00 bits per heavy atom. The topological polar surface area (TPSA) is 18.5 Å². The first-order valence-electron chi connectivity index (χ1n) is 3.59. The molecule has 0 bridgehead atoms. The summed E-state index contributed by atoms with van der Waals surface area (Å²) in [4.78, 5) is 0. The molecule has 12 heavy (non-hydrogen) atoms. The molecule has 1 rings (SSSR count). The second-order valence-corrected chi connectivity index (χ2v) is 5.00. The molecule has 2 nitrogen and oxygen atoms in total. The third kappa shape index (κ3) is 2.05. The molecule has 1 aromatic carbocycles. The van der Waals surface area contributed by atoms with Crippen molar-refractivity contribution in [1.82, 2.24) is 0 Å². The lowest BCUT2D eigenvalue weighted by Crippen LogP contribution is -2.12. The normalized spacial score (nSPS) is 8.92. The fraction of sp³-hybridized carbons (Fsp3) is 0.250. The molecule has 4 heteroatoms. The lowest BCUT2D eigenvalue weighted by Gasteiger charge is -2.10. The van der Waals surface area contributed by atoms with Gasteiger partial charge in [0.25, 0.3) is 0 Å². The van der Waals surface area contributed by atoms with Gasteiger partial charge >= 0.3 is 18.2 Å². The number of methoxy groups -OCH3 is 2. The zero-order valence-corrected chi connectivity index (χ0v) is 10.1. The maximum atomic E-state index is 5.24. The summed E-state index contributed by atoms with van der Waals surface area (Å²) in [6.07, 6.45) is 0. The Labute approximate surface area is 87.8 Å². The molecule has 0 amide bonds. The third-order valence-corrected chi connectivity index (χ3v) is 4.29. The Morgan fingerprint density at radius 3 is 2.50 bits per heavy atom. The molecule has 0 heterocycles. The summed E-state index contributed by atoms with van der Waals surface area (Å²) in [7, 11) is 3.32. The minimum absolute atomic E-state index is 0.372. The van der Waals surface area contributed by atoms with Crippen LogP contribution in [0.2, 0.25) is 0 Å². The van der Waals surface area contributed by atoms with Crippen molar-refractivity contribution in [3.63, 3.8) is 0 Å². The van der Waals surface area contributed by atoms with E-state index in [0.717, 1.165) is 11.5 Å². The van der Waals surface area contributed by atoms with Crippen LogP contribution in [0, 0.1) is 0 Å². The Kier molecular flexibility index (Phi) is 4.18. The maximum absolute atomic E-state index is 5.24. The van der Waals surface area contributed by atoms with Gasteiger partial charge < -0.3 is 9.47 Å². The van der Waals surface area contributed by atoms with Gasteiger partial charge in [0.05, 0.1) is 14.2 Å². The minimum Gasteiger partial charge on any atom is -0.495 e. The number of hydrogen-bond acceptors (Lipinski definition) is 2. The van der Waals surface area contributed by atoms with E-state index in [0.29, 0.717) is 0 Å². The molecule has 0 radical (unpaired) electrons. The Bertz CT molecular complexity index is 243. The van der Waals surface area contributed by atoms with Gasteiger partial charge in [-0.1, -0.05) is 12.1 Å². The van der Waals surface area contributed by atoms with E-state index >= 15 is 0 Å². The summed E-state index contributed by atoms with van der Waals surface area (Å²) < 4.78 is 11.6. The molecule has 0 aliphatic rings. The van der Waals surface area contributed by atoms with Gasteiger partial charge in [-0.2, -0.15) is 0 Å². The van der Waals surface area contributed by atoms with Crippen LogP contribution in [-0.2, 0) is 0 Å². The van der Waals surface area contributed by atoms with Crippen LogP contribution in [0.4, 0.5) is 0 Å². The van der Waals surface area contributed by atoms with Crippen LogP contribution < -0.4 is 13.2 Å². The SMILES string of the molecule is COc1ccc[c]([Mg][Br])c1OC. The molecule has 0 unspecified atom stereocenters. The average molecular weight is 241 g/mol. The molecule has 62 valence electrons. The highest BCUT2D eigenvalue weighted by Crippen LogP contribution is 2.23. The van der Waals surface area contributed by atoms with Crippen LogP contribution in [0.3, 0.4) is 0 Å². The second-order valence-electron chi connectivity index (χ2n) is 2.29. The number of rotatable bonds is 3. The third-order valence-electron chi connectivity index (χ3n) is 1.63. The molecule has 0 saturated heterocycles. The predicted molar refractivity (Wildman–Crippen MR) is 53.9 cm³/mol. The molecule has 0 spiro atoms. The van der Waals surface area contributed by atoms with Gasteiger partial charge in [0.2, 0.25) is 0 Å². The highest BCUT2D eigenvalue weighted by molar-refractivity contribution is 9.23. The number of benzene rings is 1. The lowest BCUT2D eigenvalue weighted by atomic mass is 10.3. The van der Waals surface area contributed by atoms with E-state index in [9.17, 15) is 0 Å². The van der Waals surface area contributed by atoms with Gasteiger partial charge in [-0.3, -0.25) is 12.9 Å². The van der Waals surface area contributed by atoms with E-state index in [1.807, 2.05) is 12.1 Å². The number of halogens is 1. The van der Waals surface area contributed by atoms with Crippen LogP contribution in [0.5, 0.6) is 11.5 Å². The monoisotopic (exact) mass is 240 g/mol. The van der Waals surface area contributed by atoms with Crippen molar-refractivity contribution >= 4 is 34.8 Å². The van der Waals surface area contributed by atoms with E-state index in [-0.39, 0.29) is 18.2 Å². The fourth-order valence-electron chi connectivity index (χ4n) is 1.06. The molecule has 0 aliphatic heterocycles. The van der Waals surface area contributed by atoms with E-state index in [1.165, 1.54) is 3.69 Å². The zero-order valence-electron chi connectivity index (χ0n) is 7.13. The minimum atomic E-state index is -0.372. The van der Waals surface area contributed by atoms with E-state index in [1.54, 1.807) is 14.2 Å². The molecule has 0 aliphatic carbocycles. The Hall–Kier alpha value is 0.0662. The molecule has 0 fully saturated rings. The smallest absolute Gasteiger partial charge is 0.495 e. The van der Waals surface area contributed by atoms with Crippen molar-refractivity contribution < 1.29 is 9.47 Å². The van der Waals surface area contributed by atoms with Crippen molar-refractivity contribution in [1.29, 1.82) is 0 Å². The molecule has 1 aromatic rings. The molecule has 0 N–H and O–H groups in total. The summed E-state index contributed by atoms with van der Waals surface area (Å²) in [5, 5.41) is 0. The summed E-state index contributed by atoms with van der Waals surface area (Å²) in [6, 6.07) is 5.94.